The van der Waals surface area contributed by atoms with E-state index in [4.69, 9.17) is 15.0 Å². The van der Waals surface area contributed by atoms with Crippen molar-refractivity contribution in [3.05, 3.63) is 48.9 Å². The number of nitrogens with zero attached hydrogens (tertiary/aromatic N) is 6. The van der Waals surface area contributed by atoms with Gasteiger partial charge in [-0.2, -0.15) is 0 Å². The normalized spacial score (nSPS) is 19.9. The fourth-order valence-corrected chi connectivity index (χ4v) is 3.38. The largest absolute Gasteiger partial charge is 0.450 e. The van der Waals surface area contributed by atoms with Crippen LogP contribution in [0.2, 0.25) is 0 Å². The molecular weight excluding hydrogens is 430 g/mol. The number of hydrogen-bond donors (Lipinski definition) is 1. The summed E-state index contributed by atoms with van der Waals surface area (Å²) in [5.74, 6) is -0.723. The first-order valence-corrected chi connectivity index (χ1v) is 9.52. The number of anilines is 1. The van der Waals surface area contributed by atoms with Crippen molar-refractivity contribution in [2.45, 2.75) is 45.0 Å². The summed E-state index contributed by atoms with van der Waals surface area (Å²) in [5, 5.41) is 28.8. The van der Waals surface area contributed by atoms with E-state index in [-0.39, 0.29) is 25.3 Å². The Morgan fingerprint density at radius 1 is 1.31 bits per heavy atom. The Morgan fingerprint density at radius 3 is 2.59 bits per heavy atom. The first kappa shape index (κ1) is 24.1. The van der Waals surface area contributed by atoms with E-state index in [1.165, 1.54) is 6.07 Å². The molecule has 32 heavy (non-hydrogen) atoms. The summed E-state index contributed by atoms with van der Waals surface area (Å²) in [4.78, 5) is 49.1. The van der Waals surface area contributed by atoms with Crippen molar-refractivity contribution in [3.63, 3.8) is 0 Å². The van der Waals surface area contributed by atoms with Crippen molar-refractivity contribution in [1.82, 2.24) is 4.90 Å². The lowest BCUT2D eigenvalue weighted by molar-refractivity contribution is -0.393. The van der Waals surface area contributed by atoms with Gasteiger partial charge in [-0.25, -0.2) is 4.79 Å². The van der Waals surface area contributed by atoms with Gasteiger partial charge in [-0.15, -0.1) is 0 Å². The molecule has 1 saturated heterocycles. The monoisotopic (exact) mass is 451 g/mol. The van der Waals surface area contributed by atoms with Crippen LogP contribution in [0.4, 0.5) is 21.9 Å². The summed E-state index contributed by atoms with van der Waals surface area (Å²) in [5.41, 5.74) is 7.56. The third kappa shape index (κ3) is 5.72. The van der Waals surface area contributed by atoms with Crippen molar-refractivity contribution in [2.24, 2.45) is 5.11 Å². The highest BCUT2D eigenvalue weighted by Gasteiger charge is 2.43. The molecule has 1 amide bonds. The number of ether oxygens (including phenoxy) is 2. The maximum atomic E-state index is 12.6. The number of likely N-dealkylation sites (tertiary alicyclic amines) is 1. The molecule has 2 rings (SSSR count). The Labute approximate surface area is 181 Å². The minimum atomic E-state index is -1.24. The van der Waals surface area contributed by atoms with E-state index in [2.05, 4.69) is 15.3 Å². The molecule has 0 radical (unpaired) electrons. The molecule has 0 unspecified atom stereocenters. The van der Waals surface area contributed by atoms with Crippen molar-refractivity contribution in [3.8, 4) is 0 Å². The number of benzene rings is 1. The van der Waals surface area contributed by atoms with Gasteiger partial charge in [-0.3, -0.25) is 29.9 Å². The molecule has 15 nitrogen and oxygen atoms in total. The van der Waals surface area contributed by atoms with Crippen molar-refractivity contribution in [2.75, 3.05) is 18.5 Å². The van der Waals surface area contributed by atoms with E-state index in [0.29, 0.717) is 6.42 Å². The number of rotatable bonds is 8. The number of hydrogen-bond acceptors (Lipinski definition) is 10. The molecule has 0 spiro atoms. The van der Waals surface area contributed by atoms with Crippen molar-refractivity contribution >= 4 is 29.1 Å². The number of piperidine rings is 1. The lowest BCUT2D eigenvalue weighted by Gasteiger charge is -2.44. The molecule has 0 aromatic heterocycles. The van der Waals surface area contributed by atoms with Crippen LogP contribution in [0.15, 0.2) is 23.3 Å². The number of nitro benzene ring substituents is 2. The average Bonchev–Trinajstić information content (AvgIpc) is 2.73. The highest BCUT2D eigenvalue weighted by atomic mass is 16.6. The molecular formula is C17H21N7O8. The first-order valence-electron chi connectivity index (χ1n) is 9.52. The maximum Gasteiger partial charge on any atom is 0.412 e. The van der Waals surface area contributed by atoms with Crippen molar-refractivity contribution < 1.29 is 28.9 Å². The number of carbonyl (C=O) groups excluding carboxylic acids is 2. The number of non-ortho nitro benzene ring substituents is 1. The Kier molecular flexibility index (Phi) is 8.12. The van der Waals surface area contributed by atoms with Gasteiger partial charge >= 0.3 is 12.1 Å². The van der Waals surface area contributed by atoms with Gasteiger partial charge in [-0.1, -0.05) is 5.11 Å². The fraction of sp³-hybridized carbons (Fsp3) is 0.529. The van der Waals surface area contributed by atoms with Crippen LogP contribution in [-0.4, -0.2) is 58.3 Å². The number of carbonyl (C=O) groups is 2. The third-order valence-electron chi connectivity index (χ3n) is 4.67. The smallest absolute Gasteiger partial charge is 0.412 e. The molecule has 172 valence electrons. The van der Waals surface area contributed by atoms with Crippen LogP contribution < -0.4 is 5.32 Å². The van der Waals surface area contributed by atoms with Crippen LogP contribution in [0.3, 0.4) is 0 Å². The van der Waals surface area contributed by atoms with Crippen LogP contribution in [0.25, 0.3) is 10.4 Å². The van der Waals surface area contributed by atoms with Crippen molar-refractivity contribution in [1.29, 1.82) is 0 Å². The van der Waals surface area contributed by atoms with Gasteiger partial charge in [0, 0.05) is 30.5 Å². The predicted molar refractivity (Wildman–Crippen MR) is 109 cm³/mol. The summed E-state index contributed by atoms with van der Waals surface area (Å²) in [7, 11) is 0. The summed E-state index contributed by atoms with van der Waals surface area (Å²) in [6.45, 7) is 2.65. The zero-order valence-electron chi connectivity index (χ0n) is 17.2. The Balaban J connectivity index is 2.44. The fourth-order valence-electron chi connectivity index (χ4n) is 3.38. The molecule has 1 fully saturated rings. The highest BCUT2D eigenvalue weighted by molar-refractivity contribution is 5.71. The Morgan fingerprint density at radius 2 is 2.03 bits per heavy atom. The van der Waals surface area contributed by atoms with Crippen LogP contribution >= 0.6 is 0 Å². The van der Waals surface area contributed by atoms with E-state index < -0.39 is 51.6 Å². The predicted octanol–water partition coefficient (Wildman–Crippen LogP) is 3.10. The zero-order valence-corrected chi connectivity index (χ0v) is 17.2. The van der Waals surface area contributed by atoms with Crippen LogP contribution in [0, 0.1) is 20.2 Å². The molecule has 1 aromatic rings. The maximum absolute atomic E-state index is 12.6. The number of amides is 1. The molecule has 0 saturated carbocycles. The highest BCUT2D eigenvalue weighted by Crippen LogP contribution is 2.33. The molecule has 1 aliphatic rings. The van der Waals surface area contributed by atoms with Gasteiger partial charge in [0.05, 0.1) is 28.6 Å². The molecule has 0 aliphatic carbocycles. The van der Waals surface area contributed by atoms with E-state index in [1.54, 1.807) is 6.92 Å². The second-order valence-corrected chi connectivity index (χ2v) is 6.72. The third-order valence-corrected chi connectivity index (χ3v) is 4.67. The summed E-state index contributed by atoms with van der Waals surface area (Å²) < 4.78 is 10.4. The van der Waals surface area contributed by atoms with Gasteiger partial charge in [0.15, 0.2) is 0 Å². The topological polar surface area (TPSA) is 203 Å². The lowest BCUT2D eigenvalue weighted by atomic mass is 9.96. The average molecular weight is 451 g/mol. The quantitative estimate of drug-likeness (QED) is 0.154. The molecule has 1 N–H and O–H groups in total. The van der Waals surface area contributed by atoms with Crippen LogP contribution in [-0.2, 0) is 14.3 Å². The minimum absolute atomic E-state index is 0.0300. The lowest BCUT2D eigenvalue weighted by Crippen LogP contribution is -2.60. The molecule has 1 aromatic carbocycles. The zero-order chi connectivity index (χ0) is 23.8. The number of azide groups is 1. The molecule has 1 aliphatic heterocycles. The van der Waals surface area contributed by atoms with Gasteiger partial charge in [0.2, 0.25) is 6.23 Å². The minimum Gasteiger partial charge on any atom is -0.450 e. The standard InChI is InChI=1S/C17H21N7O8/c1-3-31-17(26)22-12(9-19-21-18)5-7-14(16(22)32-10(2)25)20-13-6-4-11(23(27)28)8-15(13)24(29)30/h4,6,8,12,14,16,20H,3,5,7,9H2,1-2H3/t12-,14+,16-/m0/s1. The van der Waals surface area contributed by atoms with Gasteiger partial charge in [0.1, 0.15) is 5.69 Å². The van der Waals surface area contributed by atoms with Gasteiger partial charge < -0.3 is 14.8 Å². The molecule has 3 atom stereocenters. The number of nitrogens with one attached hydrogen (secondary N) is 1. The second kappa shape index (κ2) is 10.8. The van der Waals surface area contributed by atoms with Crippen LogP contribution in [0.1, 0.15) is 26.7 Å². The summed E-state index contributed by atoms with van der Waals surface area (Å²) >= 11 is 0. The summed E-state index contributed by atoms with van der Waals surface area (Å²) in [6.07, 6.45) is -1.49. The molecule has 0 bridgehead atoms. The van der Waals surface area contributed by atoms with Crippen LogP contribution in [0.5, 0.6) is 0 Å². The van der Waals surface area contributed by atoms with Gasteiger partial charge in [-0.05, 0) is 31.4 Å². The number of nitro groups is 2. The first-order chi connectivity index (χ1) is 15.2. The Bertz CT molecular complexity index is 949. The molecule has 15 heteroatoms. The SMILES string of the molecule is CCOC(=O)N1[C@H](CN=[N+]=[N-])CC[C@@H](Nc2ccc([N+](=O)[O-])cc2[N+](=O)[O-])[C@@H]1OC(C)=O. The molecule has 1 heterocycles. The number of esters is 1. The Hall–Kier alpha value is -4.13. The van der Waals surface area contributed by atoms with E-state index >= 15 is 0 Å². The second-order valence-electron chi connectivity index (χ2n) is 6.72. The van der Waals surface area contributed by atoms with Gasteiger partial charge in [0.25, 0.3) is 11.4 Å². The van der Waals surface area contributed by atoms with E-state index in [9.17, 15) is 29.8 Å². The van der Waals surface area contributed by atoms with E-state index in [1.807, 2.05) is 0 Å². The van der Waals surface area contributed by atoms with E-state index in [0.717, 1.165) is 24.0 Å². The summed E-state index contributed by atoms with van der Waals surface area (Å²) in [6, 6.07) is 1.61.